The molecule has 83 heavy (non-hydrogen) atoms. The maximum absolute atomic E-state index is 12.7. The Morgan fingerprint density at radius 2 is 0.964 bits per heavy atom. The third-order valence-electron chi connectivity index (χ3n) is 15.8. The second kappa shape index (κ2) is 22.6. The lowest BCUT2D eigenvalue weighted by molar-refractivity contribution is 0.271. The lowest BCUT2D eigenvalue weighted by Gasteiger charge is -2.35. The van der Waals surface area contributed by atoms with Gasteiger partial charge in [0.05, 0.1) is 38.8 Å². The van der Waals surface area contributed by atoms with Crippen molar-refractivity contribution in [1.82, 2.24) is 43.3 Å². The van der Waals surface area contributed by atoms with Crippen LogP contribution in [0.25, 0.3) is 82.9 Å². The van der Waals surface area contributed by atoms with E-state index in [1.54, 1.807) is 34.2 Å². The Morgan fingerprint density at radius 1 is 0.506 bits per heavy atom. The number of benzene rings is 3. The number of anilines is 3. The largest absolute Gasteiger partial charge is 0.422 e. The van der Waals surface area contributed by atoms with Crippen LogP contribution in [0.5, 0.6) is 0 Å². The molecule has 12 aromatic rings. The average Bonchev–Trinajstić information content (AvgIpc) is 4.10. The average molecular weight is 1150 g/mol. The van der Waals surface area contributed by atoms with Gasteiger partial charge in [0.1, 0.15) is 28.0 Å². The zero-order valence-corrected chi connectivity index (χ0v) is 48.1. The van der Waals surface area contributed by atoms with Crippen molar-refractivity contribution in [3.05, 3.63) is 181 Å². The molecule has 0 aliphatic carbocycles. The quantitative estimate of drug-likeness (QED) is 0.149. The van der Waals surface area contributed by atoms with Crippen LogP contribution in [-0.4, -0.2) is 130 Å². The van der Waals surface area contributed by atoms with E-state index in [0.717, 1.165) is 140 Å². The number of halogens is 1. The topological polar surface area (TPSA) is 171 Å². The summed E-state index contributed by atoms with van der Waals surface area (Å²) >= 11 is 7.64. The van der Waals surface area contributed by atoms with Gasteiger partial charge in [-0.2, -0.15) is 0 Å². The van der Waals surface area contributed by atoms with Gasteiger partial charge in [0.15, 0.2) is 4.96 Å². The molecule has 15 rings (SSSR count). The summed E-state index contributed by atoms with van der Waals surface area (Å²) in [4.78, 5) is 65.4. The Morgan fingerprint density at radius 3 is 1.47 bits per heavy atom. The minimum atomic E-state index is -0.391. The van der Waals surface area contributed by atoms with E-state index in [-0.39, 0.29) is 11.3 Å². The number of nitrogens with zero attached hydrogens (tertiary/aromatic N) is 11. The van der Waals surface area contributed by atoms with E-state index >= 15 is 0 Å². The molecule has 9 aromatic heterocycles. The van der Waals surface area contributed by atoms with Crippen molar-refractivity contribution >= 4 is 89.2 Å². The molecule has 3 saturated heterocycles. The van der Waals surface area contributed by atoms with Crippen molar-refractivity contribution in [2.24, 2.45) is 0 Å². The van der Waals surface area contributed by atoms with E-state index in [0.29, 0.717) is 55.5 Å². The molecule has 12 heterocycles. The van der Waals surface area contributed by atoms with Gasteiger partial charge in [-0.05, 0) is 106 Å². The fraction of sp³-hybridized carbons (Fsp3) is 0.270. The fourth-order valence-corrected chi connectivity index (χ4v) is 12.1. The van der Waals surface area contributed by atoms with Crippen molar-refractivity contribution in [3.63, 3.8) is 0 Å². The second-order valence-electron chi connectivity index (χ2n) is 21.5. The number of rotatable bonds is 7. The van der Waals surface area contributed by atoms with Gasteiger partial charge in [-0.25, -0.2) is 29.3 Å². The van der Waals surface area contributed by atoms with Gasteiger partial charge < -0.3 is 51.9 Å². The molecule has 0 radical (unpaired) electrons. The van der Waals surface area contributed by atoms with Crippen LogP contribution in [0.3, 0.4) is 0 Å². The Labute approximate surface area is 485 Å². The summed E-state index contributed by atoms with van der Waals surface area (Å²) in [5.74, 6) is 0. The highest BCUT2D eigenvalue weighted by molar-refractivity contribution is 7.17. The Bertz CT molecular complexity index is 4540. The highest BCUT2D eigenvalue weighted by Gasteiger charge is 2.21. The predicted octanol–water partition coefficient (Wildman–Crippen LogP) is 9.96. The minimum absolute atomic E-state index is 0.350. The molecule has 18 nitrogen and oxygen atoms in total. The molecule has 0 saturated carbocycles. The third-order valence-corrected chi connectivity index (χ3v) is 16.9. The molecule has 0 spiro atoms. The summed E-state index contributed by atoms with van der Waals surface area (Å²) < 4.78 is 22.7. The number of imidazole rings is 3. The van der Waals surface area contributed by atoms with Crippen LogP contribution in [0.1, 0.15) is 17.4 Å². The standard InChI is InChI=1S/C23H24N4O2.C21H19ClN4O2.C19H18N4O2S/c1-3-25-8-10-26(11-9-25)18-6-5-17-12-19(23(28)29-21(17)13-18)20-15-27-14-16(2)4-7-22(27)24-20;1-24-6-8-25(9-7-24)16-4-2-14-10-17(21(27)28-19(14)11-16)18-13-26-12-15(22)3-5-20(26)23-18;1-12-10-23-11-16(21-19(23)26-12)15-8-13-2-3-14(9-17(13)25-18(15)24)22-6-4-20-5-7-22/h4-7,12-15H,3,8-11H2,1-2H3;2-5,10-13H,6-9H2,1H3;2-3,8-11,20H,4-7H2,1H3. The SMILES string of the molecule is CCN1CCN(c2ccc3cc(-c4cn5cc(C)ccc5n4)c(=O)oc3c2)CC1.CN1CCN(c2ccc3cc(-c4cn5cc(Cl)ccc5n4)c(=O)oc3c2)CC1.Cc1cn2cc(-c3cc4ccc(N5CCNCC5)cc4oc3=O)nc2s1. The van der Waals surface area contributed by atoms with Crippen LogP contribution < -0.4 is 36.9 Å². The normalized spacial score (nSPS) is 15.4. The molecule has 0 unspecified atom stereocenters. The smallest absolute Gasteiger partial charge is 0.345 e. The molecular weight excluding hydrogens is 1090 g/mol. The molecular formula is C63H61ClN12O6S. The number of piperazine rings is 3. The summed E-state index contributed by atoms with van der Waals surface area (Å²) in [6.45, 7) is 19.3. The van der Waals surface area contributed by atoms with Crippen LogP contribution in [-0.2, 0) is 0 Å². The van der Waals surface area contributed by atoms with Gasteiger partial charge in [-0.3, -0.25) is 4.40 Å². The summed E-state index contributed by atoms with van der Waals surface area (Å²) in [6.07, 6.45) is 11.3. The first kappa shape index (κ1) is 53.7. The number of fused-ring (bicyclic) bond motifs is 6. The maximum Gasteiger partial charge on any atom is 0.345 e. The number of hydrogen-bond donors (Lipinski definition) is 1. The number of nitrogens with one attached hydrogen (secondary N) is 1. The molecule has 0 bridgehead atoms. The van der Waals surface area contributed by atoms with Gasteiger partial charge in [-0.15, -0.1) is 11.3 Å². The van der Waals surface area contributed by atoms with Gasteiger partial charge >= 0.3 is 16.9 Å². The number of likely N-dealkylation sites (N-methyl/N-ethyl adjacent to an activating group) is 2. The predicted molar refractivity (Wildman–Crippen MR) is 331 cm³/mol. The molecule has 3 aliphatic heterocycles. The van der Waals surface area contributed by atoms with Gasteiger partial charge in [0.25, 0.3) is 0 Å². The highest BCUT2D eigenvalue weighted by Crippen LogP contribution is 2.30. The molecule has 422 valence electrons. The lowest BCUT2D eigenvalue weighted by Crippen LogP contribution is -2.46. The van der Waals surface area contributed by atoms with E-state index in [4.69, 9.17) is 24.9 Å². The van der Waals surface area contributed by atoms with E-state index < -0.39 is 5.63 Å². The van der Waals surface area contributed by atoms with Crippen molar-refractivity contribution < 1.29 is 13.3 Å². The van der Waals surface area contributed by atoms with Gasteiger partial charge in [0.2, 0.25) is 0 Å². The van der Waals surface area contributed by atoms with Crippen LogP contribution in [0.15, 0.2) is 162 Å². The van der Waals surface area contributed by atoms with Crippen molar-refractivity contribution in [1.29, 1.82) is 0 Å². The molecule has 0 atom stereocenters. The maximum atomic E-state index is 12.7. The number of thiazole rings is 1. The molecule has 0 amide bonds. The van der Waals surface area contributed by atoms with E-state index in [1.165, 1.54) is 4.88 Å². The fourth-order valence-electron chi connectivity index (χ4n) is 11.1. The van der Waals surface area contributed by atoms with Crippen LogP contribution >= 0.6 is 22.9 Å². The molecule has 3 aromatic carbocycles. The zero-order valence-electron chi connectivity index (χ0n) is 46.5. The first-order chi connectivity index (χ1) is 40.3. The van der Waals surface area contributed by atoms with E-state index in [1.807, 2.05) is 120 Å². The monoisotopic (exact) mass is 1150 g/mol. The van der Waals surface area contributed by atoms with Crippen LogP contribution in [0, 0.1) is 13.8 Å². The summed E-state index contributed by atoms with van der Waals surface area (Å²) in [5.41, 5.74) is 9.97. The van der Waals surface area contributed by atoms with Gasteiger partial charge in [0, 0.05) is 172 Å². The number of aryl methyl sites for hydroxylation is 2. The van der Waals surface area contributed by atoms with Crippen molar-refractivity contribution in [2.45, 2.75) is 20.8 Å². The number of hydrogen-bond acceptors (Lipinski definition) is 16. The summed E-state index contributed by atoms with van der Waals surface area (Å²) in [5, 5.41) is 6.65. The molecule has 20 heteroatoms. The molecule has 1 N–H and O–H groups in total. The van der Waals surface area contributed by atoms with Crippen molar-refractivity contribution in [2.75, 3.05) is 107 Å². The highest BCUT2D eigenvalue weighted by atomic mass is 35.5. The lowest BCUT2D eigenvalue weighted by atomic mass is 10.1. The Hall–Kier alpha value is -8.59. The molecule has 3 fully saturated rings. The number of pyridine rings is 2. The Kier molecular flexibility index (Phi) is 14.6. The summed E-state index contributed by atoms with van der Waals surface area (Å²) in [6, 6.07) is 31.4. The van der Waals surface area contributed by atoms with Crippen molar-refractivity contribution in [3.8, 4) is 33.8 Å². The Balaban J connectivity index is 0.000000117. The third kappa shape index (κ3) is 11.3. The molecule has 3 aliphatic rings. The number of aromatic nitrogens is 6. The first-order valence-electron chi connectivity index (χ1n) is 28.0. The van der Waals surface area contributed by atoms with Gasteiger partial charge in [-0.1, -0.05) is 24.6 Å². The van der Waals surface area contributed by atoms with Crippen LogP contribution in [0.4, 0.5) is 17.1 Å². The van der Waals surface area contributed by atoms with E-state index in [2.05, 4.69) is 76.9 Å². The zero-order chi connectivity index (χ0) is 56.9. The second-order valence-corrected chi connectivity index (χ2v) is 23.1. The van der Waals surface area contributed by atoms with Crippen LogP contribution in [0.2, 0.25) is 5.02 Å². The first-order valence-corrected chi connectivity index (χ1v) is 29.2. The minimum Gasteiger partial charge on any atom is -0.422 e. The van der Waals surface area contributed by atoms with E-state index in [9.17, 15) is 14.4 Å². The summed E-state index contributed by atoms with van der Waals surface area (Å²) in [7, 11) is 2.13.